The topological polar surface area (TPSA) is 64.1 Å². The van der Waals surface area contributed by atoms with Crippen LogP contribution in [0, 0.1) is 0 Å². The number of nitrogens with one attached hydrogen (secondary N) is 1. The largest absolute Gasteiger partial charge is 0.493 e. The van der Waals surface area contributed by atoms with Crippen molar-refractivity contribution >= 4 is 22.4 Å². The Labute approximate surface area is 143 Å². The summed E-state index contributed by atoms with van der Waals surface area (Å²) >= 11 is 1.40. The van der Waals surface area contributed by atoms with Crippen molar-refractivity contribution in [3.8, 4) is 5.75 Å². The van der Waals surface area contributed by atoms with E-state index in [1.165, 1.54) is 16.9 Å². The lowest BCUT2D eigenvalue weighted by Crippen LogP contribution is -2.11. The first kappa shape index (κ1) is 14.8. The number of anilines is 1. The molecule has 0 spiro atoms. The van der Waals surface area contributed by atoms with E-state index in [9.17, 15) is 4.79 Å². The Morgan fingerprint density at radius 3 is 2.92 bits per heavy atom. The average Bonchev–Trinajstić information content (AvgIpc) is 3.24. The van der Waals surface area contributed by atoms with Crippen LogP contribution in [0.1, 0.15) is 26.5 Å². The zero-order valence-electron chi connectivity index (χ0n) is 12.9. The molecule has 1 N–H and O–H groups in total. The molecular weight excluding hydrogens is 322 g/mol. The van der Waals surface area contributed by atoms with Gasteiger partial charge in [0.15, 0.2) is 0 Å². The number of hydrogen-bond donors (Lipinski definition) is 1. The summed E-state index contributed by atoms with van der Waals surface area (Å²) in [7, 11) is 0. The Balaban J connectivity index is 1.45. The first-order valence-corrected chi connectivity index (χ1v) is 8.53. The Bertz CT molecular complexity index is 877. The van der Waals surface area contributed by atoms with Gasteiger partial charge in [-0.05, 0) is 29.3 Å². The van der Waals surface area contributed by atoms with Crippen LogP contribution in [0.15, 0.2) is 48.5 Å². The van der Waals surface area contributed by atoms with E-state index in [0.717, 1.165) is 22.7 Å². The third-order valence-electron chi connectivity index (χ3n) is 3.84. The Morgan fingerprint density at radius 1 is 1.17 bits per heavy atom. The maximum atomic E-state index is 12.4. The number of carbonyl (C=O) groups is 1. The van der Waals surface area contributed by atoms with E-state index in [2.05, 4.69) is 15.5 Å². The van der Waals surface area contributed by atoms with E-state index < -0.39 is 0 Å². The number of carbonyl (C=O) groups excluding carboxylic acids is 1. The third kappa shape index (κ3) is 3.14. The number of fused-ring (bicyclic) bond motifs is 1. The fourth-order valence-electron chi connectivity index (χ4n) is 2.64. The van der Waals surface area contributed by atoms with Crippen molar-refractivity contribution in [2.75, 3.05) is 11.9 Å². The number of amides is 1. The van der Waals surface area contributed by atoms with E-state index in [1.54, 1.807) is 6.07 Å². The lowest BCUT2D eigenvalue weighted by Gasteiger charge is -2.03. The fraction of sp³-hybridized carbons (Fsp3) is 0.167. The van der Waals surface area contributed by atoms with Gasteiger partial charge in [0.1, 0.15) is 10.8 Å². The third-order valence-corrected chi connectivity index (χ3v) is 4.68. The van der Waals surface area contributed by atoms with Crippen molar-refractivity contribution in [3.05, 3.63) is 70.2 Å². The Hall–Kier alpha value is -2.73. The molecule has 5 nitrogen and oxygen atoms in total. The molecule has 1 aliphatic heterocycles. The summed E-state index contributed by atoms with van der Waals surface area (Å²) in [5.41, 5.74) is 2.86. The van der Waals surface area contributed by atoms with E-state index in [-0.39, 0.29) is 5.91 Å². The molecule has 0 saturated heterocycles. The molecule has 24 heavy (non-hydrogen) atoms. The highest BCUT2D eigenvalue weighted by Gasteiger charge is 2.16. The molecule has 2 aromatic carbocycles. The van der Waals surface area contributed by atoms with Gasteiger partial charge in [-0.15, -0.1) is 10.2 Å². The smallest absolute Gasteiger partial charge is 0.257 e. The predicted molar refractivity (Wildman–Crippen MR) is 92.8 cm³/mol. The fourth-order valence-corrected chi connectivity index (χ4v) is 3.41. The first-order valence-electron chi connectivity index (χ1n) is 7.71. The maximum absolute atomic E-state index is 12.4. The maximum Gasteiger partial charge on any atom is 0.257 e. The second-order valence-corrected chi connectivity index (χ2v) is 6.60. The molecule has 0 bridgehead atoms. The number of aromatic nitrogens is 2. The number of nitrogens with zero attached hydrogens (tertiary/aromatic N) is 2. The van der Waals surface area contributed by atoms with Gasteiger partial charge in [0.25, 0.3) is 5.91 Å². The van der Waals surface area contributed by atoms with Crippen LogP contribution in [0.25, 0.3) is 0 Å². The molecule has 0 radical (unpaired) electrons. The van der Waals surface area contributed by atoms with Gasteiger partial charge in [0.05, 0.1) is 6.61 Å². The standard InChI is InChI=1S/C18H15N3O2S/c22-17(14-6-7-15-13(11-14)8-9-23-15)19-18-21-20-16(24-18)10-12-4-2-1-3-5-12/h1-7,11H,8-10H2,(H,19,21,22). The second-order valence-electron chi connectivity index (χ2n) is 5.54. The molecule has 0 saturated carbocycles. The van der Waals surface area contributed by atoms with Gasteiger partial charge in [0, 0.05) is 18.4 Å². The Kier molecular flexibility index (Phi) is 3.96. The molecule has 0 unspecified atom stereocenters. The number of ether oxygens (including phenoxy) is 1. The number of rotatable bonds is 4. The van der Waals surface area contributed by atoms with Crippen LogP contribution >= 0.6 is 11.3 Å². The minimum absolute atomic E-state index is 0.174. The van der Waals surface area contributed by atoms with Crippen molar-refractivity contribution in [2.24, 2.45) is 0 Å². The van der Waals surface area contributed by atoms with Crippen LogP contribution in [0.2, 0.25) is 0 Å². The van der Waals surface area contributed by atoms with Gasteiger partial charge >= 0.3 is 0 Å². The Morgan fingerprint density at radius 2 is 2.04 bits per heavy atom. The summed E-state index contributed by atoms with van der Waals surface area (Å²) in [6.07, 6.45) is 1.56. The molecule has 3 aromatic rings. The number of hydrogen-bond acceptors (Lipinski definition) is 5. The molecule has 120 valence electrons. The molecule has 4 rings (SSSR count). The summed E-state index contributed by atoms with van der Waals surface area (Å²) in [6, 6.07) is 15.6. The molecule has 1 aliphatic rings. The molecule has 0 aliphatic carbocycles. The summed E-state index contributed by atoms with van der Waals surface area (Å²) in [4.78, 5) is 12.4. The van der Waals surface area contributed by atoms with Gasteiger partial charge in [-0.2, -0.15) is 0 Å². The minimum Gasteiger partial charge on any atom is -0.493 e. The van der Waals surface area contributed by atoms with Gasteiger partial charge in [-0.1, -0.05) is 41.7 Å². The molecular formula is C18H15N3O2S. The van der Waals surface area contributed by atoms with Gasteiger partial charge < -0.3 is 4.74 Å². The van der Waals surface area contributed by atoms with Crippen molar-refractivity contribution in [3.63, 3.8) is 0 Å². The van der Waals surface area contributed by atoms with E-state index >= 15 is 0 Å². The highest BCUT2D eigenvalue weighted by Crippen LogP contribution is 2.26. The summed E-state index contributed by atoms with van der Waals surface area (Å²) < 4.78 is 5.46. The summed E-state index contributed by atoms with van der Waals surface area (Å²) in [5, 5.41) is 12.4. The van der Waals surface area contributed by atoms with Crippen LogP contribution < -0.4 is 10.1 Å². The van der Waals surface area contributed by atoms with Gasteiger partial charge in [-0.3, -0.25) is 10.1 Å². The SMILES string of the molecule is O=C(Nc1nnc(Cc2ccccc2)s1)c1ccc2c(c1)CCO2. The minimum atomic E-state index is -0.174. The van der Waals surface area contributed by atoms with E-state index in [0.29, 0.717) is 23.7 Å². The van der Waals surface area contributed by atoms with Crippen LogP contribution in [-0.2, 0) is 12.8 Å². The average molecular weight is 337 g/mol. The van der Waals surface area contributed by atoms with E-state index in [4.69, 9.17) is 4.74 Å². The predicted octanol–water partition coefficient (Wildman–Crippen LogP) is 3.32. The summed E-state index contributed by atoms with van der Waals surface area (Å²) in [5.74, 6) is 0.694. The molecule has 0 atom stereocenters. The second kappa shape index (κ2) is 6.41. The molecule has 0 fully saturated rings. The van der Waals surface area contributed by atoms with Gasteiger partial charge in [-0.25, -0.2) is 0 Å². The summed E-state index contributed by atoms with van der Waals surface area (Å²) in [6.45, 7) is 0.680. The number of benzene rings is 2. The lowest BCUT2D eigenvalue weighted by atomic mass is 10.1. The molecule has 1 amide bonds. The zero-order chi connectivity index (χ0) is 16.4. The van der Waals surface area contributed by atoms with Crippen LogP contribution in [0.4, 0.5) is 5.13 Å². The van der Waals surface area contributed by atoms with Crippen LogP contribution in [-0.4, -0.2) is 22.7 Å². The molecule has 1 aromatic heterocycles. The quantitative estimate of drug-likeness (QED) is 0.793. The molecule has 6 heteroatoms. The highest BCUT2D eigenvalue weighted by molar-refractivity contribution is 7.15. The van der Waals surface area contributed by atoms with Crippen LogP contribution in [0.3, 0.4) is 0 Å². The zero-order valence-corrected chi connectivity index (χ0v) is 13.7. The van der Waals surface area contributed by atoms with Crippen molar-refractivity contribution < 1.29 is 9.53 Å². The van der Waals surface area contributed by atoms with E-state index in [1.807, 2.05) is 42.5 Å². The first-order chi connectivity index (χ1) is 11.8. The van der Waals surface area contributed by atoms with Crippen molar-refractivity contribution in [1.82, 2.24) is 10.2 Å². The highest BCUT2D eigenvalue weighted by atomic mass is 32.1. The van der Waals surface area contributed by atoms with Crippen LogP contribution in [0.5, 0.6) is 5.75 Å². The normalized spacial score (nSPS) is 12.5. The molecule has 2 heterocycles. The lowest BCUT2D eigenvalue weighted by molar-refractivity contribution is 0.102. The van der Waals surface area contributed by atoms with Crippen molar-refractivity contribution in [2.45, 2.75) is 12.8 Å². The monoisotopic (exact) mass is 337 g/mol. The van der Waals surface area contributed by atoms with Gasteiger partial charge in [0.2, 0.25) is 5.13 Å². The van der Waals surface area contributed by atoms with Crippen molar-refractivity contribution in [1.29, 1.82) is 0 Å².